The minimum Gasteiger partial charge on any atom is -0.433 e. The maximum Gasteiger partial charge on any atom is 0.311 e. The van der Waals surface area contributed by atoms with Gasteiger partial charge in [-0.25, -0.2) is 0 Å². The van der Waals surface area contributed by atoms with Gasteiger partial charge in [-0.3, -0.25) is 4.79 Å². The lowest BCUT2D eigenvalue weighted by atomic mass is 9.99. The molecule has 0 aliphatic carbocycles. The molecular weight excluding hydrogens is 320 g/mol. The third-order valence-corrected chi connectivity index (χ3v) is 3.74. The number of rotatable bonds is 7. The molecule has 0 aromatic carbocycles. The van der Waals surface area contributed by atoms with Crippen molar-refractivity contribution in [2.24, 2.45) is 5.92 Å². The molecule has 1 aliphatic rings. The highest BCUT2D eigenvalue weighted by Crippen LogP contribution is 2.23. The molecule has 1 rings (SSSR count). The van der Waals surface area contributed by atoms with Crippen molar-refractivity contribution in [1.82, 2.24) is 0 Å². The fourth-order valence-electron chi connectivity index (χ4n) is 2.06. The Morgan fingerprint density at radius 3 is 2.46 bits per heavy atom. The van der Waals surface area contributed by atoms with Crippen LogP contribution in [0.1, 0.15) is 20.3 Å². The number of esters is 1. The van der Waals surface area contributed by atoms with E-state index < -0.39 is 49.2 Å². The lowest BCUT2D eigenvalue weighted by Crippen LogP contribution is -2.59. The van der Waals surface area contributed by atoms with Gasteiger partial charge in [0.1, 0.15) is 24.4 Å². The summed E-state index contributed by atoms with van der Waals surface area (Å²) in [6.45, 7) is 2.76. The van der Waals surface area contributed by atoms with Gasteiger partial charge in [0.2, 0.25) is 6.29 Å². The van der Waals surface area contributed by atoms with Gasteiger partial charge in [0.15, 0.2) is 0 Å². The molecule has 0 bridgehead atoms. The Bertz CT molecular complexity index is 459. The van der Waals surface area contributed by atoms with Crippen LogP contribution in [0.15, 0.2) is 23.8 Å². The first-order valence-electron chi connectivity index (χ1n) is 7.76. The summed E-state index contributed by atoms with van der Waals surface area (Å²) in [6.07, 6.45) is -1.75. The van der Waals surface area contributed by atoms with Crippen LogP contribution in [0.25, 0.3) is 0 Å². The first kappa shape index (κ1) is 20.8. The SMILES string of the molecule is C/C(=C\C=C\C[C@@H](C)C(=O)O[C@@H]1O[C@H](CO)[C@@H](O)[C@H](O)[C@H]1O)CO. The van der Waals surface area contributed by atoms with E-state index >= 15 is 0 Å². The van der Waals surface area contributed by atoms with E-state index in [4.69, 9.17) is 19.7 Å². The summed E-state index contributed by atoms with van der Waals surface area (Å²) in [6, 6.07) is 0. The van der Waals surface area contributed by atoms with Crippen LogP contribution in [0.5, 0.6) is 0 Å². The molecule has 138 valence electrons. The Morgan fingerprint density at radius 2 is 1.88 bits per heavy atom. The molecule has 1 aliphatic heterocycles. The molecule has 1 heterocycles. The average molecular weight is 346 g/mol. The van der Waals surface area contributed by atoms with Crippen LogP contribution in [0.3, 0.4) is 0 Å². The van der Waals surface area contributed by atoms with E-state index in [2.05, 4.69) is 0 Å². The minimum absolute atomic E-state index is 0.0426. The monoisotopic (exact) mass is 346 g/mol. The highest BCUT2D eigenvalue weighted by Gasteiger charge is 2.45. The second kappa shape index (κ2) is 9.87. The molecule has 0 amide bonds. The summed E-state index contributed by atoms with van der Waals surface area (Å²) in [4.78, 5) is 12.0. The lowest BCUT2D eigenvalue weighted by Gasteiger charge is -2.39. The Hall–Kier alpha value is -1.29. The second-order valence-electron chi connectivity index (χ2n) is 5.87. The number of carbonyl (C=O) groups excluding carboxylic acids is 1. The Balaban J connectivity index is 2.56. The van der Waals surface area contributed by atoms with Crippen LogP contribution in [-0.2, 0) is 14.3 Å². The fourth-order valence-corrected chi connectivity index (χ4v) is 2.06. The van der Waals surface area contributed by atoms with Gasteiger partial charge in [-0.1, -0.05) is 25.2 Å². The fraction of sp³-hybridized carbons (Fsp3) is 0.688. The van der Waals surface area contributed by atoms with Gasteiger partial charge >= 0.3 is 5.97 Å². The Morgan fingerprint density at radius 1 is 1.21 bits per heavy atom. The molecule has 0 spiro atoms. The number of allylic oxidation sites excluding steroid dienone is 3. The molecule has 0 aromatic rings. The highest BCUT2D eigenvalue weighted by atomic mass is 16.7. The highest BCUT2D eigenvalue weighted by molar-refractivity contribution is 5.72. The maximum absolute atomic E-state index is 12.0. The predicted molar refractivity (Wildman–Crippen MR) is 83.6 cm³/mol. The molecular formula is C16H26O8. The van der Waals surface area contributed by atoms with Crippen molar-refractivity contribution in [2.75, 3.05) is 13.2 Å². The molecule has 0 aromatic heterocycles. The summed E-state index contributed by atoms with van der Waals surface area (Å²) in [5, 5.41) is 47.1. The van der Waals surface area contributed by atoms with Gasteiger partial charge in [-0.05, 0) is 18.9 Å². The van der Waals surface area contributed by atoms with Gasteiger partial charge in [0.05, 0.1) is 19.1 Å². The number of hydrogen-bond donors (Lipinski definition) is 5. The zero-order valence-electron chi connectivity index (χ0n) is 13.8. The number of aliphatic hydroxyl groups excluding tert-OH is 5. The van der Waals surface area contributed by atoms with E-state index in [1.165, 1.54) is 0 Å². The van der Waals surface area contributed by atoms with Gasteiger partial charge < -0.3 is 35.0 Å². The lowest BCUT2D eigenvalue weighted by molar-refractivity contribution is -0.293. The first-order chi connectivity index (χ1) is 11.3. The van der Waals surface area contributed by atoms with Crippen LogP contribution >= 0.6 is 0 Å². The van der Waals surface area contributed by atoms with Crippen LogP contribution in [0, 0.1) is 5.92 Å². The largest absolute Gasteiger partial charge is 0.433 e. The van der Waals surface area contributed by atoms with Gasteiger partial charge in [-0.15, -0.1) is 0 Å². The number of carbonyl (C=O) groups is 1. The molecule has 6 atom stereocenters. The molecule has 8 heteroatoms. The number of aliphatic hydroxyl groups is 5. The van der Waals surface area contributed by atoms with Crippen molar-refractivity contribution in [3.8, 4) is 0 Å². The standard InChI is InChI=1S/C16H26O8/c1-9(7-17)5-3-4-6-10(2)15(22)24-16-14(21)13(20)12(19)11(8-18)23-16/h3-5,10-14,16-21H,6-8H2,1-2H3/b4-3+,9-5+/t10-,11-,12-,13+,14-,16+/m1/s1. The van der Waals surface area contributed by atoms with Gasteiger partial charge in [0, 0.05) is 0 Å². The molecule has 24 heavy (non-hydrogen) atoms. The van der Waals surface area contributed by atoms with Crippen LogP contribution in [-0.4, -0.2) is 75.4 Å². The Kier molecular flexibility index (Phi) is 8.54. The molecule has 0 unspecified atom stereocenters. The van der Waals surface area contributed by atoms with E-state index in [0.717, 1.165) is 5.57 Å². The van der Waals surface area contributed by atoms with E-state index in [0.29, 0.717) is 6.42 Å². The topological polar surface area (TPSA) is 137 Å². The zero-order valence-corrected chi connectivity index (χ0v) is 13.8. The smallest absolute Gasteiger partial charge is 0.311 e. The van der Waals surface area contributed by atoms with Gasteiger partial charge in [-0.2, -0.15) is 0 Å². The zero-order chi connectivity index (χ0) is 18.3. The summed E-state index contributed by atoms with van der Waals surface area (Å²) in [5.74, 6) is -1.18. The summed E-state index contributed by atoms with van der Waals surface area (Å²) >= 11 is 0. The normalized spacial score (nSPS) is 32.8. The minimum atomic E-state index is -1.61. The van der Waals surface area contributed by atoms with Crippen molar-refractivity contribution >= 4 is 5.97 Å². The summed E-state index contributed by atoms with van der Waals surface area (Å²) in [5.41, 5.74) is 0.780. The number of hydrogen-bond acceptors (Lipinski definition) is 8. The molecule has 5 N–H and O–H groups in total. The van der Waals surface area contributed by atoms with E-state index in [1.54, 1.807) is 32.1 Å². The van der Waals surface area contributed by atoms with Crippen molar-refractivity contribution < 1.29 is 39.8 Å². The molecule has 8 nitrogen and oxygen atoms in total. The molecule has 0 radical (unpaired) electrons. The summed E-state index contributed by atoms with van der Waals surface area (Å²) < 4.78 is 10.1. The van der Waals surface area contributed by atoms with Crippen molar-refractivity contribution in [2.45, 2.75) is 51.0 Å². The Labute approximate surface area is 140 Å². The summed E-state index contributed by atoms with van der Waals surface area (Å²) in [7, 11) is 0. The quantitative estimate of drug-likeness (QED) is 0.288. The van der Waals surface area contributed by atoms with E-state index in [1.807, 2.05) is 0 Å². The third kappa shape index (κ3) is 5.66. The van der Waals surface area contributed by atoms with Crippen LogP contribution in [0.2, 0.25) is 0 Å². The van der Waals surface area contributed by atoms with Crippen LogP contribution < -0.4 is 0 Å². The van der Waals surface area contributed by atoms with Crippen molar-refractivity contribution in [1.29, 1.82) is 0 Å². The van der Waals surface area contributed by atoms with Crippen molar-refractivity contribution in [3.63, 3.8) is 0 Å². The third-order valence-electron chi connectivity index (χ3n) is 3.74. The molecule has 1 fully saturated rings. The van der Waals surface area contributed by atoms with E-state index in [-0.39, 0.29) is 6.61 Å². The first-order valence-corrected chi connectivity index (χ1v) is 7.76. The van der Waals surface area contributed by atoms with Crippen LogP contribution in [0.4, 0.5) is 0 Å². The van der Waals surface area contributed by atoms with Gasteiger partial charge in [0.25, 0.3) is 0 Å². The molecule has 0 saturated carbocycles. The number of ether oxygens (including phenoxy) is 2. The maximum atomic E-state index is 12.0. The van der Waals surface area contributed by atoms with E-state index in [9.17, 15) is 20.1 Å². The average Bonchev–Trinajstić information content (AvgIpc) is 2.58. The van der Waals surface area contributed by atoms with Crippen molar-refractivity contribution in [3.05, 3.63) is 23.8 Å². The second-order valence-corrected chi connectivity index (χ2v) is 5.87. The molecule has 1 saturated heterocycles. The predicted octanol–water partition coefficient (Wildman–Crippen LogP) is -1.15.